The van der Waals surface area contributed by atoms with E-state index in [9.17, 15) is 4.39 Å². The van der Waals surface area contributed by atoms with Gasteiger partial charge < -0.3 is 5.32 Å². The van der Waals surface area contributed by atoms with Crippen molar-refractivity contribution in [3.8, 4) is 0 Å². The van der Waals surface area contributed by atoms with Crippen molar-refractivity contribution >= 4 is 17.4 Å². The molecule has 0 saturated carbocycles. The minimum Gasteiger partial charge on any atom is -0.370 e. The van der Waals surface area contributed by atoms with Crippen molar-refractivity contribution in [2.24, 2.45) is 0 Å². The second-order valence-corrected chi connectivity index (χ2v) is 4.67. The molecular formula is C14H15ClFN3. The van der Waals surface area contributed by atoms with E-state index in [1.807, 2.05) is 6.07 Å². The average Bonchev–Trinajstić information content (AvgIpc) is 2.34. The number of halogens is 2. The number of hydrogen-bond acceptors (Lipinski definition) is 3. The predicted octanol–water partition coefficient (Wildman–Crippen LogP) is 3.62. The third-order valence-electron chi connectivity index (χ3n) is 2.64. The lowest BCUT2D eigenvalue weighted by Gasteiger charge is -2.06. The van der Waals surface area contributed by atoms with Gasteiger partial charge in [-0.3, -0.25) is 0 Å². The van der Waals surface area contributed by atoms with Gasteiger partial charge in [-0.15, -0.1) is 0 Å². The van der Waals surface area contributed by atoms with E-state index < -0.39 is 0 Å². The van der Waals surface area contributed by atoms with E-state index in [4.69, 9.17) is 11.6 Å². The fourth-order valence-corrected chi connectivity index (χ4v) is 2.05. The van der Waals surface area contributed by atoms with Gasteiger partial charge in [-0.05, 0) is 37.5 Å². The average molecular weight is 280 g/mol. The highest BCUT2D eigenvalue weighted by Crippen LogP contribution is 2.11. The lowest BCUT2D eigenvalue weighted by Crippen LogP contribution is -2.06. The molecule has 0 aliphatic heterocycles. The Bertz CT molecular complexity index is 540. The Kier molecular flexibility index (Phi) is 4.68. The van der Waals surface area contributed by atoms with Gasteiger partial charge in [0.05, 0.1) is 0 Å². The van der Waals surface area contributed by atoms with Crippen molar-refractivity contribution in [2.75, 3.05) is 11.9 Å². The Morgan fingerprint density at radius 2 is 2.11 bits per heavy atom. The molecule has 0 fully saturated rings. The summed E-state index contributed by atoms with van der Waals surface area (Å²) in [6.45, 7) is 2.55. The Labute approximate surface area is 116 Å². The van der Waals surface area contributed by atoms with Gasteiger partial charge in [0.1, 0.15) is 22.6 Å². The summed E-state index contributed by atoms with van der Waals surface area (Å²) in [5.74, 6) is 1.17. The smallest absolute Gasteiger partial charge is 0.134 e. The van der Waals surface area contributed by atoms with E-state index in [2.05, 4.69) is 15.3 Å². The third kappa shape index (κ3) is 4.48. The van der Waals surface area contributed by atoms with Gasteiger partial charge in [0.2, 0.25) is 0 Å². The van der Waals surface area contributed by atoms with Crippen LogP contribution < -0.4 is 5.32 Å². The van der Waals surface area contributed by atoms with Crippen molar-refractivity contribution in [1.29, 1.82) is 0 Å². The van der Waals surface area contributed by atoms with Gasteiger partial charge in [-0.1, -0.05) is 23.7 Å². The molecule has 0 aliphatic rings. The summed E-state index contributed by atoms with van der Waals surface area (Å²) >= 11 is 5.84. The maximum Gasteiger partial charge on any atom is 0.134 e. The number of nitrogens with one attached hydrogen (secondary N) is 1. The quantitative estimate of drug-likeness (QED) is 0.671. The van der Waals surface area contributed by atoms with Crippen LogP contribution in [0.2, 0.25) is 5.15 Å². The van der Waals surface area contributed by atoms with Gasteiger partial charge in [-0.2, -0.15) is 0 Å². The number of nitrogens with zero attached hydrogens (tertiary/aromatic N) is 2. The van der Waals surface area contributed by atoms with E-state index in [-0.39, 0.29) is 5.82 Å². The van der Waals surface area contributed by atoms with Gasteiger partial charge in [0.25, 0.3) is 0 Å². The lowest BCUT2D eigenvalue weighted by atomic mass is 10.1. The highest BCUT2D eigenvalue weighted by Gasteiger charge is 2.00. The zero-order valence-electron chi connectivity index (χ0n) is 10.7. The van der Waals surface area contributed by atoms with E-state index >= 15 is 0 Å². The number of anilines is 1. The topological polar surface area (TPSA) is 37.8 Å². The van der Waals surface area contributed by atoms with E-state index in [1.165, 1.54) is 6.07 Å². The first kappa shape index (κ1) is 13.7. The molecule has 1 aromatic carbocycles. The van der Waals surface area contributed by atoms with Gasteiger partial charge in [-0.25, -0.2) is 14.4 Å². The Hall–Kier alpha value is -1.68. The first-order valence-electron chi connectivity index (χ1n) is 6.13. The summed E-state index contributed by atoms with van der Waals surface area (Å²) in [5.41, 5.74) is 0.999. The van der Waals surface area contributed by atoms with Crippen LogP contribution in [0.1, 0.15) is 17.8 Å². The minimum atomic E-state index is -0.191. The zero-order chi connectivity index (χ0) is 13.7. The molecule has 0 unspecified atom stereocenters. The molecule has 0 amide bonds. The molecular weight excluding hydrogens is 265 g/mol. The van der Waals surface area contributed by atoms with Crippen LogP contribution in [0.25, 0.3) is 0 Å². The number of rotatable bonds is 5. The van der Waals surface area contributed by atoms with Crippen LogP contribution >= 0.6 is 11.6 Å². The summed E-state index contributed by atoms with van der Waals surface area (Å²) in [7, 11) is 0. The molecule has 100 valence electrons. The first-order chi connectivity index (χ1) is 9.13. The number of hydrogen-bond donors (Lipinski definition) is 1. The molecule has 1 heterocycles. The molecule has 0 bridgehead atoms. The van der Waals surface area contributed by atoms with Crippen LogP contribution in [0.5, 0.6) is 0 Å². The normalized spacial score (nSPS) is 10.5. The Balaban J connectivity index is 1.80. The summed E-state index contributed by atoms with van der Waals surface area (Å²) < 4.78 is 13.0. The Morgan fingerprint density at radius 1 is 1.26 bits per heavy atom. The highest BCUT2D eigenvalue weighted by atomic mass is 35.5. The molecule has 2 aromatic rings. The fourth-order valence-electron chi connectivity index (χ4n) is 1.82. The zero-order valence-corrected chi connectivity index (χ0v) is 11.4. The molecule has 1 aromatic heterocycles. The Morgan fingerprint density at radius 3 is 2.84 bits per heavy atom. The molecule has 0 aliphatic carbocycles. The van der Waals surface area contributed by atoms with E-state index in [0.717, 1.165) is 30.8 Å². The maximum absolute atomic E-state index is 13.0. The van der Waals surface area contributed by atoms with E-state index in [1.54, 1.807) is 25.1 Å². The van der Waals surface area contributed by atoms with Gasteiger partial charge in [0.15, 0.2) is 0 Å². The third-order valence-corrected chi connectivity index (χ3v) is 2.84. The predicted molar refractivity (Wildman–Crippen MR) is 75.0 cm³/mol. The summed E-state index contributed by atoms with van der Waals surface area (Å²) in [6.07, 6.45) is 1.71. The second kappa shape index (κ2) is 6.48. The highest BCUT2D eigenvalue weighted by molar-refractivity contribution is 6.29. The molecule has 0 atom stereocenters. The maximum atomic E-state index is 13.0. The molecule has 1 N–H and O–H groups in total. The number of aryl methyl sites for hydroxylation is 2. The largest absolute Gasteiger partial charge is 0.370 e. The van der Waals surface area contributed by atoms with Crippen LogP contribution in [-0.4, -0.2) is 16.5 Å². The fraction of sp³-hybridized carbons (Fsp3) is 0.286. The van der Waals surface area contributed by atoms with Gasteiger partial charge in [0, 0.05) is 12.6 Å². The molecule has 5 heteroatoms. The van der Waals surface area contributed by atoms with Crippen molar-refractivity contribution in [3.63, 3.8) is 0 Å². The van der Waals surface area contributed by atoms with Crippen LogP contribution in [0.3, 0.4) is 0 Å². The second-order valence-electron chi connectivity index (χ2n) is 4.28. The molecule has 0 saturated heterocycles. The lowest BCUT2D eigenvalue weighted by molar-refractivity contribution is 0.624. The molecule has 0 radical (unpaired) electrons. The summed E-state index contributed by atoms with van der Waals surface area (Å²) in [5, 5.41) is 3.61. The first-order valence-corrected chi connectivity index (χ1v) is 6.51. The van der Waals surface area contributed by atoms with Crippen LogP contribution in [0.4, 0.5) is 10.2 Å². The van der Waals surface area contributed by atoms with Crippen LogP contribution in [0, 0.1) is 12.7 Å². The monoisotopic (exact) mass is 279 g/mol. The molecule has 0 spiro atoms. The van der Waals surface area contributed by atoms with Crippen molar-refractivity contribution in [2.45, 2.75) is 19.8 Å². The number of aromatic nitrogens is 2. The van der Waals surface area contributed by atoms with Gasteiger partial charge >= 0.3 is 0 Å². The van der Waals surface area contributed by atoms with Crippen molar-refractivity contribution in [1.82, 2.24) is 9.97 Å². The molecule has 3 nitrogen and oxygen atoms in total. The number of benzene rings is 1. The standard InChI is InChI=1S/C14H15ClFN3/c1-10-18-13(15)9-14(19-10)17-7-3-5-11-4-2-6-12(16)8-11/h2,4,6,8-9H,3,5,7H2,1H3,(H,17,18,19). The molecule has 19 heavy (non-hydrogen) atoms. The van der Waals surface area contributed by atoms with Crippen molar-refractivity contribution < 1.29 is 4.39 Å². The summed E-state index contributed by atoms with van der Waals surface area (Å²) in [4.78, 5) is 8.22. The van der Waals surface area contributed by atoms with Crippen molar-refractivity contribution in [3.05, 3.63) is 52.7 Å². The molecule has 2 rings (SSSR count). The summed E-state index contributed by atoms with van der Waals surface area (Å²) in [6, 6.07) is 8.36. The van der Waals surface area contributed by atoms with Crippen LogP contribution in [-0.2, 0) is 6.42 Å². The van der Waals surface area contributed by atoms with E-state index in [0.29, 0.717) is 11.0 Å². The SMILES string of the molecule is Cc1nc(Cl)cc(NCCCc2cccc(F)c2)n1. The van der Waals surface area contributed by atoms with Crippen LogP contribution in [0.15, 0.2) is 30.3 Å². The minimum absolute atomic E-state index is 0.191.